The molecule has 1 N–H and O–H groups in total. The van der Waals surface area contributed by atoms with Crippen molar-refractivity contribution < 1.29 is 14.3 Å². The van der Waals surface area contributed by atoms with E-state index in [1.165, 1.54) is 4.68 Å². The first-order valence-electron chi connectivity index (χ1n) is 8.72. The number of hydrogen-bond donors (Lipinski definition) is 1. The summed E-state index contributed by atoms with van der Waals surface area (Å²) in [5.74, 6) is -1.12. The lowest BCUT2D eigenvalue weighted by molar-refractivity contribution is -0.119. The summed E-state index contributed by atoms with van der Waals surface area (Å²) >= 11 is 6.34. The van der Waals surface area contributed by atoms with E-state index < -0.39 is 18.5 Å². The van der Waals surface area contributed by atoms with Crippen LogP contribution in [0, 0.1) is 20.8 Å². The summed E-state index contributed by atoms with van der Waals surface area (Å²) in [6, 6.07) is 14.8. The molecule has 0 unspecified atom stereocenters. The molecule has 0 aliphatic rings. The topological polar surface area (TPSA) is 73.2 Å². The van der Waals surface area contributed by atoms with Gasteiger partial charge in [-0.05, 0) is 50.1 Å². The molecule has 0 aliphatic heterocycles. The van der Waals surface area contributed by atoms with Crippen LogP contribution in [-0.2, 0) is 9.53 Å². The van der Waals surface area contributed by atoms with E-state index in [1.807, 2.05) is 56.3 Å². The Hall–Kier alpha value is -3.12. The first-order chi connectivity index (χ1) is 13.4. The van der Waals surface area contributed by atoms with Crippen LogP contribution in [0.15, 0.2) is 48.5 Å². The van der Waals surface area contributed by atoms with Crippen LogP contribution in [0.5, 0.6) is 0 Å². The molecule has 1 heterocycles. The van der Waals surface area contributed by atoms with Gasteiger partial charge in [0.15, 0.2) is 6.61 Å². The van der Waals surface area contributed by atoms with Gasteiger partial charge in [-0.2, -0.15) is 5.10 Å². The minimum Gasteiger partial charge on any atom is -0.452 e. The second-order valence-electron chi connectivity index (χ2n) is 6.37. The summed E-state index contributed by atoms with van der Waals surface area (Å²) < 4.78 is 6.62. The number of nitrogens with zero attached hydrogens (tertiary/aromatic N) is 2. The Morgan fingerprint density at radius 2 is 1.79 bits per heavy atom. The van der Waals surface area contributed by atoms with Crippen molar-refractivity contribution in [1.29, 1.82) is 0 Å². The Kier molecular flexibility index (Phi) is 5.80. The number of ether oxygens (including phenoxy) is 1. The molecule has 2 aromatic carbocycles. The molecule has 0 spiro atoms. The molecule has 144 valence electrons. The third-order valence-corrected chi connectivity index (χ3v) is 4.77. The molecule has 0 radical (unpaired) electrons. The number of para-hydroxylation sites is 1. The Morgan fingerprint density at radius 3 is 2.50 bits per heavy atom. The fraction of sp³-hybridized carbons (Fsp3) is 0.190. The third-order valence-electron chi connectivity index (χ3n) is 4.42. The van der Waals surface area contributed by atoms with Crippen LogP contribution in [-0.4, -0.2) is 28.3 Å². The number of halogens is 1. The first-order valence-corrected chi connectivity index (χ1v) is 9.10. The van der Waals surface area contributed by atoms with Crippen LogP contribution >= 0.6 is 11.6 Å². The van der Waals surface area contributed by atoms with E-state index >= 15 is 0 Å². The van der Waals surface area contributed by atoms with E-state index in [4.69, 9.17) is 16.3 Å². The molecule has 0 atom stereocenters. The molecule has 0 aliphatic carbocycles. The SMILES string of the molecule is Cc1cccc(NC(=O)COC(=O)c2c(C)nn(-c3ccccc3)c2Cl)c1C. The highest BCUT2D eigenvalue weighted by molar-refractivity contribution is 6.33. The quantitative estimate of drug-likeness (QED) is 0.653. The number of rotatable bonds is 5. The van der Waals surface area contributed by atoms with Crippen LogP contribution in [0.2, 0.25) is 5.15 Å². The minimum atomic E-state index is -0.694. The zero-order chi connectivity index (χ0) is 20.3. The number of carbonyl (C=O) groups excluding carboxylic acids is 2. The Labute approximate surface area is 168 Å². The van der Waals surface area contributed by atoms with Gasteiger partial charge in [0, 0.05) is 5.69 Å². The molecule has 7 heteroatoms. The summed E-state index contributed by atoms with van der Waals surface area (Å²) in [7, 11) is 0. The molecular weight excluding hydrogens is 378 g/mol. The van der Waals surface area contributed by atoms with Crippen LogP contribution in [0.3, 0.4) is 0 Å². The molecule has 0 saturated heterocycles. The van der Waals surface area contributed by atoms with Crippen molar-refractivity contribution in [2.75, 3.05) is 11.9 Å². The Morgan fingerprint density at radius 1 is 1.07 bits per heavy atom. The van der Waals surface area contributed by atoms with Gasteiger partial charge >= 0.3 is 5.97 Å². The molecule has 0 fully saturated rings. The second kappa shape index (κ2) is 8.27. The van der Waals surface area contributed by atoms with E-state index in [1.54, 1.807) is 13.0 Å². The smallest absolute Gasteiger partial charge is 0.343 e. The van der Waals surface area contributed by atoms with E-state index in [2.05, 4.69) is 10.4 Å². The minimum absolute atomic E-state index is 0.142. The number of hydrogen-bond acceptors (Lipinski definition) is 4. The summed E-state index contributed by atoms with van der Waals surface area (Å²) in [4.78, 5) is 24.6. The van der Waals surface area contributed by atoms with E-state index in [-0.39, 0.29) is 10.7 Å². The summed E-state index contributed by atoms with van der Waals surface area (Å²) in [6.07, 6.45) is 0. The van der Waals surface area contributed by atoms with Crippen LogP contribution < -0.4 is 5.32 Å². The Balaban J connectivity index is 1.69. The number of esters is 1. The van der Waals surface area contributed by atoms with Gasteiger partial charge in [-0.3, -0.25) is 4.79 Å². The summed E-state index contributed by atoms with van der Waals surface area (Å²) in [6.45, 7) is 5.12. The number of nitrogens with one attached hydrogen (secondary N) is 1. The lowest BCUT2D eigenvalue weighted by Gasteiger charge is -2.10. The largest absolute Gasteiger partial charge is 0.452 e. The van der Waals surface area contributed by atoms with Crippen LogP contribution in [0.25, 0.3) is 5.69 Å². The fourth-order valence-electron chi connectivity index (χ4n) is 2.75. The van der Waals surface area contributed by atoms with E-state index in [0.29, 0.717) is 11.4 Å². The van der Waals surface area contributed by atoms with Crippen molar-refractivity contribution in [3.05, 3.63) is 76.1 Å². The van der Waals surface area contributed by atoms with Gasteiger partial charge < -0.3 is 10.1 Å². The van der Waals surface area contributed by atoms with Crippen LogP contribution in [0.4, 0.5) is 5.69 Å². The van der Waals surface area contributed by atoms with Crippen LogP contribution in [0.1, 0.15) is 27.2 Å². The normalized spacial score (nSPS) is 10.6. The molecule has 0 bridgehead atoms. The highest BCUT2D eigenvalue weighted by atomic mass is 35.5. The molecule has 1 aromatic heterocycles. The van der Waals surface area contributed by atoms with Gasteiger partial charge in [0.25, 0.3) is 5.91 Å². The molecule has 1 amide bonds. The maximum atomic E-state index is 12.5. The van der Waals surface area contributed by atoms with Gasteiger partial charge in [0.05, 0.1) is 11.4 Å². The van der Waals surface area contributed by atoms with Crippen molar-refractivity contribution >= 4 is 29.2 Å². The predicted octanol–water partition coefficient (Wildman–Crippen LogP) is 4.25. The fourth-order valence-corrected chi connectivity index (χ4v) is 3.10. The predicted molar refractivity (Wildman–Crippen MR) is 108 cm³/mol. The van der Waals surface area contributed by atoms with Crippen molar-refractivity contribution in [1.82, 2.24) is 9.78 Å². The molecule has 28 heavy (non-hydrogen) atoms. The van der Waals surface area contributed by atoms with Crippen molar-refractivity contribution in [3.8, 4) is 5.69 Å². The first kappa shape index (κ1) is 19.6. The van der Waals surface area contributed by atoms with E-state index in [9.17, 15) is 9.59 Å². The maximum Gasteiger partial charge on any atom is 0.343 e. The van der Waals surface area contributed by atoms with Crippen molar-refractivity contribution in [3.63, 3.8) is 0 Å². The van der Waals surface area contributed by atoms with Gasteiger partial charge in [0.1, 0.15) is 10.7 Å². The highest BCUT2D eigenvalue weighted by Gasteiger charge is 2.23. The van der Waals surface area contributed by atoms with Crippen molar-refractivity contribution in [2.45, 2.75) is 20.8 Å². The third kappa shape index (κ3) is 4.07. The molecule has 3 rings (SSSR count). The Bertz CT molecular complexity index is 1030. The molecule has 3 aromatic rings. The average Bonchev–Trinajstić information content (AvgIpc) is 2.98. The summed E-state index contributed by atoms with van der Waals surface area (Å²) in [5, 5.41) is 7.19. The number of aryl methyl sites for hydroxylation is 2. The van der Waals surface area contributed by atoms with Gasteiger partial charge in [-0.1, -0.05) is 41.9 Å². The summed E-state index contributed by atoms with van der Waals surface area (Å²) in [5.41, 5.74) is 4.00. The lowest BCUT2D eigenvalue weighted by Crippen LogP contribution is -2.21. The monoisotopic (exact) mass is 397 g/mol. The number of benzene rings is 2. The second-order valence-corrected chi connectivity index (χ2v) is 6.73. The maximum absolute atomic E-state index is 12.5. The highest BCUT2D eigenvalue weighted by Crippen LogP contribution is 2.24. The van der Waals surface area contributed by atoms with Gasteiger partial charge in [-0.25, -0.2) is 9.48 Å². The number of anilines is 1. The average molecular weight is 398 g/mol. The number of aromatic nitrogens is 2. The van der Waals surface area contributed by atoms with Gasteiger partial charge in [-0.15, -0.1) is 0 Å². The molecule has 0 saturated carbocycles. The lowest BCUT2D eigenvalue weighted by atomic mass is 10.1. The standard InChI is InChI=1S/C21H20ClN3O3/c1-13-8-7-11-17(14(13)2)23-18(26)12-28-21(27)19-15(3)24-25(20(19)22)16-9-5-4-6-10-16/h4-11H,12H2,1-3H3,(H,23,26). The molecule has 6 nitrogen and oxygen atoms in total. The zero-order valence-corrected chi connectivity index (χ0v) is 16.6. The number of amides is 1. The van der Waals surface area contributed by atoms with Gasteiger partial charge in [0.2, 0.25) is 0 Å². The molecular formula is C21H20ClN3O3. The number of carbonyl (C=O) groups is 2. The zero-order valence-electron chi connectivity index (χ0n) is 15.8. The van der Waals surface area contributed by atoms with Crippen molar-refractivity contribution in [2.24, 2.45) is 0 Å². The van der Waals surface area contributed by atoms with E-state index in [0.717, 1.165) is 16.8 Å².